The molecule has 3 rings (SSSR count). The van der Waals surface area contributed by atoms with Gasteiger partial charge in [0.2, 0.25) is 0 Å². The number of hydrogen-bond donors (Lipinski definition) is 1. The third-order valence-corrected chi connectivity index (χ3v) is 4.20. The predicted octanol–water partition coefficient (Wildman–Crippen LogP) is 5.69. The second-order valence-corrected chi connectivity index (χ2v) is 6.38. The molecule has 0 radical (unpaired) electrons. The molecule has 2 aromatic carbocycles. The third kappa shape index (κ3) is 3.92. The van der Waals surface area contributed by atoms with Crippen LogP contribution < -0.4 is 5.32 Å². The number of carbonyl (C=O) groups excluding carboxylic acids is 1. The number of aliphatic imine (C=N–C) groups is 1. The van der Waals surface area contributed by atoms with Crippen LogP contribution in [-0.4, -0.2) is 17.5 Å². The summed E-state index contributed by atoms with van der Waals surface area (Å²) in [5.41, 5.74) is 1.24. The average molecular weight is 378 g/mol. The van der Waals surface area contributed by atoms with E-state index in [2.05, 4.69) is 10.3 Å². The molecule has 0 aliphatic carbocycles. The number of alkyl halides is 2. The van der Waals surface area contributed by atoms with E-state index in [0.29, 0.717) is 16.9 Å². The lowest BCUT2D eigenvalue weighted by molar-refractivity contribution is 0.0988. The molecule has 27 heavy (non-hydrogen) atoms. The smallest absolute Gasteiger partial charge is 0.283 e. The summed E-state index contributed by atoms with van der Waals surface area (Å²) in [6.45, 7) is 2.54. The fraction of sp³-hybridized carbons (Fsp3) is 0.200. The van der Waals surface area contributed by atoms with Gasteiger partial charge >= 0.3 is 0 Å². The summed E-state index contributed by atoms with van der Waals surface area (Å²) in [4.78, 5) is 16.1. The number of amides is 1. The van der Waals surface area contributed by atoms with E-state index in [4.69, 9.17) is 0 Å². The van der Waals surface area contributed by atoms with Crippen molar-refractivity contribution in [2.75, 3.05) is 5.32 Å². The summed E-state index contributed by atoms with van der Waals surface area (Å²) in [6, 6.07) is 9.40. The van der Waals surface area contributed by atoms with Gasteiger partial charge in [0.1, 0.15) is 17.2 Å². The van der Waals surface area contributed by atoms with Gasteiger partial charge in [-0.05, 0) is 36.8 Å². The largest absolute Gasteiger partial charge is 0.322 e. The Labute approximate surface area is 154 Å². The molecule has 0 saturated heterocycles. The van der Waals surface area contributed by atoms with E-state index in [0.717, 1.165) is 24.6 Å². The van der Waals surface area contributed by atoms with Crippen LogP contribution in [0.2, 0.25) is 0 Å². The van der Waals surface area contributed by atoms with Gasteiger partial charge in [-0.2, -0.15) is 0 Å². The summed E-state index contributed by atoms with van der Waals surface area (Å²) >= 11 is 0. The van der Waals surface area contributed by atoms with Crippen molar-refractivity contribution in [1.29, 1.82) is 0 Å². The van der Waals surface area contributed by atoms with Crippen molar-refractivity contribution >= 4 is 23.0 Å². The van der Waals surface area contributed by atoms with E-state index >= 15 is 0 Å². The molecule has 0 fully saturated rings. The predicted molar refractivity (Wildman–Crippen MR) is 98.1 cm³/mol. The van der Waals surface area contributed by atoms with Crippen molar-refractivity contribution in [2.24, 2.45) is 4.99 Å². The van der Waals surface area contributed by atoms with Gasteiger partial charge in [-0.1, -0.05) is 18.2 Å². The minimum Gasteiger partial charge on any atom is -0.322 e. The zero-order chi connectivity index (χ0) is 19.8. The summed E-state index contributed by atoms with van der Waals surface area (Å²) < 4.78 is 54.2. The Morgan fingerprint density at radius 3 is 2.22 bits per heavy atom. The molecular formula is C20H18F4N2O. The fourth-order valence-electron chi connectivity index (χ4n) is 2.79. The number of benzene rings is 2. The van der Waals surface area contributed by atoms with Gasteiger partial charge in [0.05, 0.1) is 11.4 Å². The summed E-state index contributed by atoms with van der Waals surface area (Å²) in [7, 11) is 0. The molecule has 7 heteroatoms. The Morgan fingerprint density at radius 2 is 1.70 bits per heavy atom. The molecule has 2 aromatic rings. The van der Waals surface area contributed by atoms with Crippen LogP contribution in [0.3, 0.4) is 0 Å². The molecule has 0 atom stereocenters. The Balaban J connectivity index is 0.00000280. The van der Waals surface area contributed by atoms with Crippen LogP contribution in [0, 0.1) is 11.6 Å². The van der Waals surface area contributed by atoms with Crippen LogP contribution in [0.25, 0.3) is 5.70 Å². The first-order valence-electron chi connectivity index (χ1n) is 8.18. The first-order valence-corrected chi connectivity index (χ1v) is 8.18. The number of halogens is 4. The number of anilines is 1. The molecule has 0 aromatic heterocycles. The zero-order valence-corrected chi connectivity index (χ0v) is 14.6. The van der Waals surface area contributed by atoms with Crippen LogP contribution in [-0.2, 0) is 0 Å². The van der Waals surface area contributed by atoms with Gasteiger partial charge in [-0.3, -0.25) is 9.79 Å². The van der Waals surface area contributed by atoms with Crippen LogP contribution >= 0.6 is 0 Å². The molecule has 0 saturated carbocycles. The van der Waals surface area contributed by atoms with Crippen LogP contribution in [0.4, 0.5) is 23.2 Å². The van der Waals surface area contributed by atoms with Crippen LogP contribution in [0.1, 0.15) is 37.6 Å². The van der Waals surface area contributed by atoms with E-state index in [-0.39, 0.29) is 13.6 Å². The van der Waals surface area contributed by atoms with E-state index in [9.17, 15) is 22.4 Å². The molecule has 1 aliphatic heterocycles. The Morgan fingerprint density at radius 1 is 1.11 bits per heavy atom. The molecule has 1 aliphatic rings. The minimum absolute atomic E-state index is 0. The first-order chi connectivity index (χ1) is 12.7. The van der Waals surface area contributed by atoms with Crippen molar-refractivity contribution in [1.82, 2.24) is 0 Å². The van der Waals surface area contributed by atoms with Crippen molar-refractivity contribution in [3.05, 3.63) is 70.8 Å². The molecule has 0 unspecified atom stereocenters. The van der Waals surface area contributed by atoms with Gasteiger partial charge < -0.3 is 5.32 Å². The van der Waals surface area contributed by atoms with E-state index in [1.54, 1.807) is 19.1 Å². The number of rotatable bonds is 4. The number of nitrogens with one attached hydrogen (secondary N) is 1. The third-order valence-electron chi connectivity index (χ3n) is 4.20. The summed E-state index contributed by atoms with van der Waals surface area (Å²) in [5, 5.41) is 2.41. The highest BCUT2D eigenvalue weighted by molar-refractivity contribution is 6.05. The molecule has 1 N–H and O–H groups in total. The van der Waals surface area contributed by atoms with Gasteiger partial charge in [-0.25, -0.2) is 17.6 Å². The molecule has 0 spiro atoms. The average Bonchev–Trinajstić information content (AvgIpc) is 2.97. The van der Waals surface area contributed by atoms with Crippen molar-refractivity contribution in [2.45, 2.75) is 26.2 Å². The number of carbonyl (C=O) groups is 1. The molecule has 3 nitrogen and oxygen atoms in total. The highest BCUT2D eigenvalue weighted by Crippen LogP contribution is 2.34. The maximum absolute atomic E-state index is 13.7. The summed E-state index contributed by atoms with van der Waals surface area (Å²) in [5.74, 6) is -5.82. The van der Waals surface area contributed by atoms with Crippen LogP contribution in [0.5, 0.6) is 0 Å². The Bertz CT molecular complexity index is 943. The van der Waals surface area contributed by atoms with Crippen molar-refractivity contribution in [3.63, 3.8) is 0 Å². The van der Waals surface area contributed by atoms with Gasteiger partial charge in [0.15, 0.2) is 0 Å². The van der Waals surface area contributed by atoms with Crippen LogP contribution in [0.15, 0.2) is 53.0 Å². The second kappa shape index (κ2) is 6.98. The maximum Gasteiger partial charge on any atom is 0.283 e. The molecule has 1 amide bonds. The lowest BCUT2D eigenvalue weighted by atomic mass is 10.0. The van der Waals surface area contributed by atoms with E-state index in [1.165, 1.54) is 18.2 Å². The molecule has 1 heterocycles. The Hall–Kier alpha value is -2.96. The van der Waals surface area contributed by atoms with E-state index < -0.39 is 29.0 Å². The first kappa shape index (κ1) is 18.8. The lowest BCUT2D eigenvalue weighted by Gasteiger charge is -2.09. The molecule has 0 bridgehead atoms. The monoisotopic (exact) mass is 378 g/mol. The van der Waals surface area contributed by atoms with Crippen molar-refractivity contribution < 1.29 is 23.8 Å². The lowest BCUT2D eigenvalue weighted by Crippen LogP contribution is -2.22. The zero-order valence-electron chi connectivity index (χ0n) is 14.6. The molecule has 142 valence electrons. The highest BCUT2D eigenvalue weighted by atomic mass is 19.3. The topological polar surface area (TPSA) is 41.5 Å². The minimum atomic E-state index is -2.99. The maximum atomic E-state index is 13.7. The fourth-order valence-corrected chi connectivity index (χ4v) is 2.79. The quantitative estimate of drug-likeness (QED) is 0.682. The van der Waals surface area contributed by atoms with Gasteiger partial charge in [0.25, 0.3) is 11.8 Å². The Kier molecular flexibility index (Phi) is 4.87. The second-order valence-electron chi connectivity index (χ2n) is 6.38. The van der Waals surface area contributed by atoms with Gasteiger partial charge in [0, 0.05) is 26.0 Å². The standard InChI is InChI=1S/C20H16F4N2O.H2/c1-11-10-16(20(2,23)24)26-18(11)12-6-8-13(9-7-12)25-19(27)17-14(21)4-3-5-15(17)22;/h3-9H,10H2,1-2H3,(H,25,27);1H. The molecular weight excluding hydrogens is 360 g/mol. The highest BCUT2D eigenvalue weighted by Gasteiger charge is 2.33. The van der Waals surface area contributed by atoms with Crippen molar-refractivity contribution in [3.8, 4) is 0 Å². The SMILES string of the molecule is CC1=C(c2ccc(NC(=O)c3c(F)cccc3F)cc2)N=C(C(C)(F)F)C1.[HH]. The number of hydrogen-bond acceptors (Lipinski definition) is 2. The number of allylic oxidation sites excluding steroid dienone is 1. The normalized spacial score (nSPS) is 14.4. The van der Waals surface area contributed by atoms with E-state index in [1.807, 2.05) is 0 Å². The van der Waals surface area contributed by atoms with Gasteiger partial charge in [-0.15, -0.1) is 0 Å². The summed E-state index contributed by atoms with van der Waals surface area (Å²) in [6.07, 6.45) is 0.101. The number of nitrogens with zero attached hydrogens (tertiary/aromatic N) is 1.